The van der Waals surface area contributed by atoms with Gasteiger partial charge in [-0.1, -0.05) is 44.2 Å². The molecule has 1 aliphatic rings. The van der Waals surface area contributed by atoms with Crippen LogP contribution in [0, 0.1) is 10.1 Å². The number of hydrogen-bond acceptors (Lipinski definition) is 3. The van der Waals surface area contributed by atoms with Crippen molar-refractivity contribution in [2.45, 2.75) is 20.3 Å². The van der Waals surface area contributed by atoms with Crippen molar-refractivity contribution in [1.82, 2.24) is 0 Å². The van der Waals surface area contributed by atoms with Crippen LogP contribution in [0.25, 0.3) is 0 Å². The van der Waals surface area contributed by atoms with Crippen molar-refractivity contribution in [3.63, 3.8) is 0 Å². The number of nitro groups is 1. The third-order valence-electron chi connectivity index (χ3n) is 3.19. The third-order valence-corrected chi connectivity index (χ3v) is 3.19. The minimum atomic E-state index is -0.478. The molecule has 1 aliphatic carbocycles. The summed E-state index contributed by atoms with van der Waals surface area (Å²) in [6, 6.07) is 11.9. The number of nitrogens with zero attached hydrogens (tertiary/aromatic N) is 1. The molecule has 0 saturated heterocycles. The lowest BCUT2D eigenvalue weighted by atomic mass is 9.85. The second-order valence-electron chi connectivity index (χ2n) is 4.26. The number of benzene rings is 2. The molecule has 0 radical (unpaired) electrons. The minimum absolute atomic E-state index is 0.0403. The van der Waals surface area contributed by atoms with E-state index < -0.39 is 4.92 Å². The molecule has 0 spiro atoms. The molecule has 0 fully saturated rings. The van der Waals surface area contributed by atoms with E-state index in [9.17, 15) is 14.9 Å². The fraction of sp³-hybridized carbons (Fsp3) is 0.188. The zero-order chi connectivity index (χ0) is 14.7. The fourth-order valence-corrected chi connectivity index (χ4v) is 2.29. The van der Waals surface area contributed by atoms with Crippen LogP contribution in [0.2, 0.25) is 0 Å². The van der Waals surface area contributed by atoms with Gasteiger partial charge in [-0.25, -0.2) is 0 Å². The van der Waals surface area contributed by atoms with Crippen LogP contribution < -0.4 is 0 Å². The summed E-state index contributed by atoms with van der Waals surface area (Å²) < 4.78 is 0. The van der Waals surface area contributed by atoms with Gasteiger partial charge in [-0.15, -0.1) is 0 Å². The van der Waals surface area contributed by atoms with Gasteiger partial charge >= 0.3 is 0 Å². The summed E-state index contributed by atoms with van der Waals surface area (Å²) in [5, 5.41) is 10.7. The summed E-state index contributed by atoms with van der Waals surface area (Å²) in [5.41, 5.74) is 2.88. The summed E-state index contributed by atoms with van der Waals surface area (Å²) in [6.07, 6.45) is 0.648. The van der Waals surface area contributed by atoms with Gasteiger partial charge in [0.25, 0.3) is 5.69 Å². The Kier molecular flexibility index (Phi) is 3.94. The molecule has 0 aromatic heterocycles. The predicted molar refractivity (Wildman–Crippen MR) is 77.1 cm³/mol. The van der Waals surface area contributed by atoms with Crippen molar-refractivity contribution in [3.05, 3.63) is 74.8 Å². The van der Waals surface area contributed by atoms with E-state index in [0.29, 0.717) is 17.5 Å². The number of nitro benzene ring substituents is 1. The van der Waals surface area contributed by atoms with Crippen LogP contribution in [0.4, 0.5) is 5.69 Å². The fourth-order valence-electron chi connectivity index (χ4n) is 2.29. The van der Waals surface area contributed by atoms with E-state index in [0.717, 1.165) is 11.1 Å². The smallest absolute Gasteiger partial charge is 0.270 e. The number of ketones is 1. The molecule has 0 heterocycles. The van der Waals surface area contributed by atoms with Gasteiger partial charge in [0, 0.05) is 23.3 Å². The molecule has 0 bridgehead atoms. The number of hydrogen-bond donors (Lipinski definition) is 0. The van der Waals surface area contributed by atoms with Crippen molar-refractivity contribution in [3.8, 4) is 0 Å². The number of fused-ring (bicyclic) bond motifs is 2. The molecule has 4 nitrogen and oxygen atoms in total. The summed E-state index contributed by atoms with van der Waals surface area (Å²) in [7, 11) is 0. The zero-order valence-electron chi connectivity index (χ0n) is 11.4. The van der Waals surface area contributed by atoms with Gasteiger partial charge in [-0.2, -0.15) is 0 Å². The van der Waals surface area contributed by atoms with Crippen LogP contribution in [0.3, 0.4) is 0 Å². The maximum Gasteiger partial charge on any atom is 0.270 e. The van der Waals surface area contributed by atoms with E-state index in [1.807, 2.05) is 26.0 Å². The molecule has 0 saturated carbocycles. The molecule has 0 amide bonds. The molecule has 3 rings (SSSR count). The first-order valence-corrected chi connectivity index (χ1v) is 6.57. The van der Waals surface area contributed by atoms with Crippen LogP contribution in [-0.2, 0) is 6.42 Å². The lowest BCUT2D eigenvalue weighted by molar-refractivity contribution is -0.384. The molecule has 2 aromatic rings. The van der Waals surface area contributed by atoms with E-state index in [4.69, 9.17) is 0 Å². The molecule has 0 N–H and O–H groups in total. The highest BCUT2D eigenvalue weighted by atomic mass is 16.6. The lowest BCUT2D eigenvalue weighted by Gasteiger charge is -2.17. The van der Waals surface area contributed by atoms with Crippen molar-refractivity contribution >= 4 is 11.5 Å². The minimum Gasteiger partial charge on any atom is -0.289 e. The molecular formula is C16H15NO3. The second-order valence-corrected chi connectivity index (χ2v) is 4.26. The Morgan fingerprint density at radius 2 is 1.65 bits per heavy atom. The van der Waals surface area contributed by atoms with Gasteiger partial charge in [0.15, 0.2) is 5.78 Å². The van der Waals surface area contributed by atoms with Crippen molar-refractivity contribution in [2.24, 2.45) is 0 Å². The van der Waals surface area contributed by atoms with Gasteiger partial charge in [0.2, 0.25) is 0 Å². The number of carbonyl (C=O) groups excluding carboxylic acids is 1. The van der Waals surface area contributed by atoms with Gasteiger partial charge in [-0.05, 0) is 17.5 Å². The van der Waals surface area contributed by atoms with Crippen LogP contribution in [0.15, 0.2) is 42.5 Å². The number of non-ortho nitro benzene ring substituents is 1. The van der Waals surface area contributed by atoms with E-state index in [-0.39, 0.29) is 11.5 Å². The molecule has 102 valence electrons. The van der Waals surface area contributed by atoms with E-state index in [1.54, 1.807) is 18.2 Å². The van der Waals surface area contributed by atoms with E-state index >= 15 is 0 Å². The van der Waals surface area contributed by atoms with Crippen LogP contribution in [0.1, 0.15) is 40.9 Å². The molecule has 20 heavy (non-hydrogen) atoms. The second kappa shape index (κ2) is 5.65. The maximum atomic E-state index is 12.3. The normalized spacial score (nSPS) is 11.8. The molecule has 0 aliphatic heterocycles. The first kappa shape index (κ1) is 13.9. The Bertz CT molecular complexity index is 677. The average Bonchev–Trinajstić information content (AvgIpc) is 2.49. The number of rotatable bonds is 1. The van der Waals surface area contributed by atoms with Crippen LogP contribution in [-0.4, -0.2) is 10.7 Å². The van der Waals surface area contributed by atoms with Crippen molar-refractivity contribution in [1.29, 1.82) is 0 Å². The third kappa shape index (κ3) is 2.32. The van der Waals surface area contributed by atoms with E-state index in [2.05, 4.69) is 0 Å². The monoisotopic (exact) mass is 269 g/mol. The molecule has 0 unspecified atom stereocenters. The van der Waals surface area contributed by atoms with Gasteiger partial charge in [0.05, 0.1) is 4.92 Å². The quantitative estimate of drug-likeness (QED) is 0.499. The molecule has 2 aromatic carbocycles. The van der Waals surface area contributed by atoms with Crippen LogP contribution in [0.5, 0.6) is 0 Å². The highest BCUT2D eigenvalue weighted by Gasteiger charge is 2.24. The highest BCUT2D eigenvalue weighted by molar-refractivity contribution is 6.12. The van der Waals surface area contributed by atoms with Crippen molar-refractivity contribution < 1.29 is 9.72 Å². The summed E-state index contributed by atoms with van der Waals surface area (Å²) >= 11 is 0. The Hall–Kier alpha value is -2.49. The van der Waals surface area contributed by atoms with Gasteiger partial charge in [0.1, 0.15) is 0 Å². The Morgan fingerprint density at radius 3 is 2.35 bits per heavy atom. The summed E-state index contributed by atoms with van der Waals surface area (Å²) in [4.78, 5) is 22.5. The standard InChI is InChI=1S/C14H9NO3.C2H6/c16-14-12-4-2-1-3-9(12)7-10-5-6-11(15(17)18)8-13(10)14;1-2/h1-6,8H,7H2;1-2H3. The predicted octanol–water partition coefficient (Wildman–Crippen LogP) is 3.76. The van der Waals surface area contributed by atoms with Crippen LogP contribution >= 0.6 is 0 Å². The average molecular weight is 269 g/mol. The van der Waals surface area contributed by atoms with Gasteiger partial charge < -0.3 is 0 Å². The summed E-state index contributed by atoms with van der Waals surface area (Å²) in [5.74, 6) is -0.129. The Balaban J connectivity index is 0.000000704. The highest BCUT2D eigenvalue weighted by Crippen LogP contribution is 2.29. The van der Waals surface area contributed by atoms with E-state index in [1.165, 1.54) is 12.1 Å². The lowest BCUT2D eigenvalue weighted by Crippen LogP contribution is -2.15. The largest absolute Gasteiger partial charge is 0.289 e. The Labute approximate surface area is 117 Å². The molecular weight excluding hydrogens is 254 g/mol. The Morgan fingerprint density at radius 1 is 1.00 bits per heavy atom. The van der Waals surface area contributed by atoms with Crippen molar-refractivity contribution in [2.75, 3.05) is 0 Å². The summed E-state index contributed by atoms with van der Waals surface area (Å²) in [6.45, 7) is 4.00. The molecule has 4 heteroatoms. The van der Waals surface area contributed by atoms with Gasteiger partial charge in [-0.3, -0.25) is 14.9 Å². The first-order chi connectivity index (χ1) is 9.66. The zero-order valence-corrected chi connectivity index (χ0v) is 11.4. The topological polar surface area (TPSA) is 60.2 Å². The first-order valence-electron chi connectivity index (χ1n) is 6.57. The SMILES string of the molecule is CC.O=C1c2ccccc2Cc2ccc([N+](=O)[O-])cc21. The maximum absolute atomic E-state index is 12.3. The molecule has 0 atom stereocenters. The number of carbonyl (C=O) groups is 1.